The van der Waals surface area contributed by atoms with E-state index in [1.807, 2.05) is 26.0 Å². The molecule has 2 heterocycles. The standard InChI is InChI=1S/C17H17NO4S/c1-9-5-12-13(8-22-14(12)6-10(9)2)16(19)18-7-11-3-4-15(23-11)17(20)21/h3-6,13H,7-8H2,1-2H3,(H,18,19)(H,20,21). The zero-order chi connectivity index (χ0) is 16.6. The molecule has 1 aliphatic rings. The molecule has 23 heavy (non-hydrogen) atoms. The maximum atomic E-state index is 12.4. The highest BCUT2D eigenvalue weighted by atomic mass is 32.1. The van der Waals surface area contributed by atoms with Gasteiger partial charge in [0.05, 0.1) is 6.54 Å². The van der Waals surface area contributed by atoms with E-state index >= 15 is 0 Å². The van der Waals surface area contributed by atoms with Crippen molar-refractivity contribution in [3.05, 3.63) is 50.7 Å². The first-order valence-electron chi connectivity index (χ1n) is 7.29. The van der Waals surface area contributed by atoms with Gasteiger partial charge in [-0.05, 0) is 43.2 Å². The van der Waals surface area contributed by atoms with Crippen molar-refractivity contribution in [2.24, 2.45) is 0 Å². The van der Waals surface area contributed by atoms with E-state index in [1.54, 1.807) is 12.1 Å². The Morgan fingerprint density at radius 3 is 2.74 bits per heavy atom. The summed E-state index contributed by atoms with van der Waals surface area (Å²) in [5.41, 5.74) is 3.20. The lowest BCUT2D eigenvalue weighted by Crippen LogP contribution is -2.29. The summed E-state index contributed by atoms with van der Waals surface area (Å²) in [5, 5.41) is 11.8. The number of thiophene rings is 1. The summed E-state index contributed by atoms with van der Waals surface area (Å²) in [6, 6.07) is 7.25. The van der Waals surface area contributed by atoms with Crippen LogP contribution in [0.15, 0.2) is 24.3 Å². The number of amides is 1. The summed E-state index contributed by atoms with van der Waals surface area (Å²) in [6.45, 7) is 4.70. The lowest BCUT2D eigenvalue weighted by molar-refractivity contribution is -0.122. The van der Waals surface area contributed by atoms with Crippen LogP contribution in [0.1, 0.15) is 37.2 Å². The summed E-state index contributed by atoms with van der Waals surface area (Å²) in [6.07, 6.45) is 0. The van der Waals surface area contributed by atoms with Gasteiger partial charge in [0.15, 0.2) is 0 Å². The predicted octanol–water partition coefficient (Wildman–Crippen LogP) is 2.86. The van der Waals surface area contributed by atoms with Crippen LogP contribution < -0.4 is 10.1 Å². The molecule has 120 valence electrons. The van der Waals surface area contributed by atoms with Gasteiger partial charge in [-0.25, -0.2) is 4.79 Å². The molecule has 1 aliphatic heterocycles. The monoisotopic (exact) mass is 331 g/mol. The number of fused-ring (bicyclic) bond motifs is 1. The second-order valence-corrected chi connectivity index (χ2v) is 6.80. The van der Waals surface area contributed by atoms with Gasteiger partial charge >= 0.3 is 5.97 Å². The topological polar surface area (TPSA) is 75.6 Å². The average Bonchev–Trinajstić information content (AvgIpc) is 3.12. The molecule has 0 saturated heterocycles. The van der Waals surface area contributed by atoms with Crippen LogP contribution in [0.4, 0.5) is 0 Å². The number of carbonyl (C=O) groups is 2. The van der Waals surface area contributed by atoms with Gasteiger partial charge in [-0.3, -0.25) is 4.79 Å². The van der Waals surface area contributed by atoms with E-state index in [-0.39, 0.29) is 16.7 Å². The van der Waals surface area contributed by atoms with Crippen molar-refractivity contribution in [3.8, 4) is 5.75 Å². The Kier molecular flexibility index (Phi) is 4.09. The molecule has 2 N–H and O–H groups in total. The molecule has 0 bridgehead atoms. The number of hydrogen-bond donors (Lipinski definition) is 2. The van der Waals surface area contributed by atoms with E-state index in [2.05, 4.69) is 5.32 Å². The van der Waals surface area contributed by atoms with Crippen LogP contribution in [0, 0.1) is 13.8 Å². The Labute approximate surface area is 137 Å². The van der Waals surface area contributed by atoms with Gasteiger partial charge in [-0.1, -0.05) is 6.07 Å². The zero-order valence-electron chi connectivity index (χ0n) is 12.9. The molecule has 0 fully saturated rings. The van der Waals surface area contributed by atoms with Crippen LogP contribution in [-0.2, 0) is 11.3 Å². The summed E-state index contributed by atoms with van der Waals surface area (Å²) in [4.78, 5) is 24.4. The summed E-state index contributed by atoms with van der Waals surface area (Å²) in [5.74, 6) is -0.588. The second-order valence-electron chi connectivity index (χ2n) is 5.63. The minimum Gasteiger partial charge on any atom is -0.492 e. The van der Waals surface area contributed by atoms with Crippen LogP contribution >= 0.6 is 11.3 Å². The molecule has 6 heteroatoms. The number of carboxylic acid groups (broad SMARTS) is 1. The van der Waals surface area contributed by atoms with Gasteiger partial charge in [0.1, 0.15) is 23.2 Å². The molecule has 0 spiro atoms. The summed E-state index contributed by atoms with van der Waals surface area (Å²) < 4.78 is 5.62. The first-order chi connectivity index (χ1) is 11.0. The van der Waals surface area contributed by atoms with Gasteiger partial charge in [0, 0.05) is 10.4 Å². The number of carboxylic acids is 1. The van der Waals surface area contributed by atoms with Gasteiger partial charge in [-0.15, -0.1) is 11.3 Å². The largest absolute Gasteiger partial charge is 0.492 e. The lowest BCUT2D eigenvalue weighted by Gasteiger charge is -2.10. The van der Waals surface area contributed by atoms with Crippen molar-refractivity contribution in [1.82, 2.24) is 5.32 Å². The minimum absolute atomic E-state index is 0.0997. The zero-order valence-corrected chi connectivity index (χ0v) is 13.7. The lowest BCUT2D eigenvalue weighted by atomic mass is 9.96. The Morgan fingerprint density at radius 1 is 1.30 bits per heavy atom. The Hall–Kier alpha value is -2.34. The van der Waals surface area contributed by atoms with Crippen molar-refractivity contribution in [3.63, 3.8) is 0 Å². The first kappa shape index (κ1) is 15.6. The van der Waals surface area contributed by atoms with Crippen LogP contribution in [0.25, 0.3) is 0 Å². The molecule has 1 aromatic carbocycles. The highest BCUT2D eigenvalue weighted by Gasteiger charge is 2.30. The van der Waals surface area contributed by atoms with E-state index in [1.165, 1.54) is 11.3 Å². The number of rotatable bonds is 4. The maximum absolute atomic E-state index is 12.4. The van der Waals surface area contributed by atoms with Gasteiger partial charge in [0.2, 0.25) is 5.91 Å². The second kappa shape index (κ2) is 6.04. The van der Waals surface area contributed by atoms with Crippen molar-refractivity contribution >= 4 is 23.2 Å². The average molecular weight is 331 g/mol. The third-order valence-corrected chi connectivity index (χ3v) is 5.11. The highest BCUT2D eigenvalue weighted by molar-refractivity contribution is 7.13. The fraction of sp³-hybridized carbons (Fsp3) is 0.294. The first-order valence-corrected chi connectivity index (χ1v) is 8.11. The molecule has 1 atom stereocenters. The maximum Gasteiger partial charge on any atom is 0.345 e. The number of hydrogen-bond acceptors (Lipinski definition) is 4. The fourth-order valence-electron chi connectivity index (χ4n) is 2.57. The molecule has 1 aromatic heterocycles. The quantitative estimate of drug-likeness (QED) is 0.903. The molecule has 5 nitrogen and oxygen atoms in total. The summed E-state index contributed by atoms with van der Waals surface area (Å²) >= 11 is 1.17. The van der Waals surface area contributed by atoms with E-state index in [4.69, 9.17) is 9.84 Å². The van der Waals surface area contributed by atoms with Crippen molar-refractivity contribution in [1.29, 1.82) is 0 Å². The normalized spacial score (nSPS) is 15.8. The van der Waals surface area contributed by atoms with Crippen LogP contribution in [0.2, 0.25) is 0 Å². The Morgan fingerprint density at radius 2 is 2.04 bits per heavy atom. The fourth-order valence-corrected chi connectivity index (χ4v) is 3.36. The summed E-state index contributed by atoms with van der Waals surface area (Å²) in [7, 11) is 0. The predicted molar refractivity (Wildman–Crippen MR) is 87.3 cm³/mol. The number of aryl methyl sites for hydroxylation is 2. The van der Waals surface area contributed by atoms with E-state index in [0.29, 0.717) is 13.2 Å². The molecule has 1 unspecified atom stereocenters. The van der Waals surface area contributed by atoms with Gasteiger partial charge in [-0.2, -0.15) is 0 Å². The van der Waals surface area contributed by atoms with Crippen LogP contribution in [0.5, 0.6) is 5.75 Å². The number of ether oxygens (including phenoxy) is 1. The Balaban J connectivity index is 1.68. The van der Waals surface area contributed by atoms with Crippen molar-refractivity contribution in [2.45, 2.75) is 26.3 Å². The van der Waals surface area contributed by atoms with Gasteiger partial charge in [0.25, 0.3) is 0 Å². The molecule has 1 amide bonds. The number of nitrogens with one attached hydrogen (secondary N) is 1. The third kappa shape index (κ3) is 3.07. The minimum atomic E-state index is -0.948. The molecule has 3 rings (SSSR count). The SMILES string of the molecule is Cc1cc2c(cc1C)C(C(=O)NCc1ccc(C(=O)O)s1)CO2. The number of carbonyl (C=O) groups excluding carboxylic acids is 1. The number of aromatic carboxylic acids is 1. The van der Waals surface area contributed by atoms with Crippen molar-refractivity contribution < 1.29 is 19.4 Å². The highest BCUT2D eigenvalue weighted by Crippen LogP contribution is 2.36. The molecule has 0 saturated carbocycles. The van der Waals surface area contributed by atoms with Crippen LogP contribution in [-0.4, -0.2) is 23.6 Å². The van der Waals surface area contributed by atoms with Crippen molar-refractivity contribution in [2.75, 3.05) is 6.61 Å². The molecule has 2 aromatic rings. The molecular formula is C17H17NO4S. The smallest absolute Gasteiger partial charge is 0.345 e. The van der Waals surface area contributed by atoms with E-state index in [0.717, 1.165) is 27.3 Å². The third-order valence-electron chi connectivity index (χ3n) is 4.03. The van der Waals surface area contributed by atoms with E-state index < -0.39 is 5.97 Å². The van der Waals surface area contributed by atoms with Crippen LogP contribution in [0.3, 0.4) is 0 Å². The number of benzene rings is 1. The molecule has 0 radical (unpaired) electrons. The van der Waals surface area contributed by atoms with Gasteiger partial charge < -0.3 is 15.2 Å². The molecular weight excluding hydrogens is 314 g/mol. The van der Waals surface area contributed by atoms with E-state index in [9.17, 15) is 9.59 Å². The Bertz CT molecular complexity index is 781. The molecule has 0 aliphatic carbocycles.